The van der Waals surface area contributed by atoms with Crippen molar-refractivity contribution in [1.82, 2.24) is 20.6 Å². The summed E-state index contributed by atoms with van der Waals surface area (Å²) in [6.45, 7) is 4.80. The lowest BCUT2D eigenvalue weighted by Gasteiger charge is -2.03. The summed E-state index contributed by atoms with van der Waals surface area (Å²) in [6.07, 6.45) is 4.75. The second-order valence-corrected chi connectivity index (χ2v) is 3.28. The maximum absolute atomic E-state index is 4.26. The van der Waals surface area contributed by atoms with Crippen LogP contribution >= 0.6 is 0 Å². The number of nitrogens with one attached hydrogen (secondary N) is 2. The van der Waals surface area contributed by atoms with E-state index < -0.39 is 0 Å². The number of aryl methyl sites for hydroxylation is 1. The van der Waals surface area contributed by atoms with E-state index in [1.165, 1.54) is 0 Å². The van der Waals surface area contributed by atoms with E-state index in [0.29, 0.717) is 0 Å². The Balaban J connectivity index is 2.15. The quantitative estimate of drug-likeness (QED) is 0.647. The molecule has 4 nitrogen and oxygen atoms in total. The molecule has 78 valence electrons. The van der Waals surface area contributed by atoms with Gasteiger partial charge in [0.25, 0.3) is 0 Å². The third kappa shape index (κ3) is 4.30. The zero-order valence-corrected chi connectivity index (χ0v) is 8.88. The monoisotopic (exact) mass is 194 g/mol. The van der Waals surface area contributed by atoms with Crippen molar-refractivity contribution in [2.75, 3.05) is 20.1 Å². The Morgan fingerprint density at radius 3 is 2.71 bits per heavy atom. The van der Waals surface area contributed by atoms with E-state index in [1.807, 2.05) is 20.2 Å². The van der Waals surface area contributed by atoms with Crippen molar-refractivity contribution in [2.45, 2.75) is 19.9 Å². The van der Waals surface area contributed by atoms with Crippen LogP contribution in [0.3, 0.4) is 0 Å². The summed E-state index contributed by atoms with van der Waals surface area (Å²) in [5, 5.41) is 6.42. The lowest BCUT2D eigenvalue weighted by Crippen LogP contribution is -2.20. The highest BCUT2D eigenvalue weighted by atomic mass is 14.9. The Morgan fingerprint density at radius 2 is 2.07 bits per heavy atom. The van der Waals surface area contributed by atoms with Crippen molar-refractivity contribution in [3.8, 4) is 0 Å². The molecule has 0 spiro atoms. The molecule has 0 aliphatic heterocycles. The van der Waals surface area contributed by atoms with Gasteiger partial charge in [0.1, 0.15) is 0 Å². The molecule has 1 heterocycles. The van der Waals surface area contributed by atoms with Crippen LogP contribution in [0.4, 0.5) is 0 Å². The Labute approximate surface area is 85.2 Å². The van der Waals surface area contributed by atoms with Crippen LogP contribution < -0.4 is 10.6 Å². The molecule has 0 saturated heterocycles. The molecule has 2 N–H and O–H groups in total. The summed E-state index contributed by atoms with van der Waals surface area (Å²) >= 11 is 0. The standard InChI is InChI=1S/C10H18N4/c1-9-6-14-10(8-13-9)7-12-5-3-4-11-2/h6,8,11-12H,3-5,7H2,1-2H3. The number of hydrogen-bond acceptors (Lipinski definition) is 4. The van der Waals surface area contributed by atoms with E-state index in [-0.39, 0.29) is 0 Å². The summed E-state index contributed by atoms with van der Waals surface area (Å²) in [5.74, 6) is 0. The lowest BCUT2D eigenvalue weighted by molar-refractivity contribution is 0.617. The van der Waals surface area contributed by atoms with Crippen molar-refractivity contribution < 1.29 is 0 Å². The third-order valence-electron chi connectivity index (χ3n) is 1.92. The predicted octanol–water partition coefficient (Wildman–Crippen LogP) is 0.484. The first-order chi connectivity index (χ1) is 6.83. The lowest BCUT2D eigenvalue weighted by atomic mass is 10.4. The second-order valence-electron chi connectivity index (χ2n) is 3.28. The van der Waals surface area contributed by atoms with Gasteiger partial charge in [0.2, 0.25) is 0 Å². The van der Waals surface area contributed by atoms with Gasteiger partial charge in [-0.05, 0) is 33.5 Å². The summed E-state index contributed by atoms with van der Waals surface area (Å²) in [5.41, 5.74) is 1.96. The minimum Gasteiger partial charge on any atom is -0.320 e. The molecule has 0 atom stereocenters. The molecule has 0 bridgehead atoms. The van der Waals surface area contributed by atoms with Crippen LogP contribution in [0.25, 0.3) is 0 Å². The highest BCUT2D eigenvalue weighted by molar-refractivity contribution is 4.99. The van der Waals surface area contributed by atoms with E-state index in [9.17, 15) is 0 Å². The van der Waals surface area contributed by atoms with Crippen molar-refractivity contribution >= 4 is 0 Å². The average Bonchev–Trinajstić information content (AvgIpc) is 2.21. The number of nitrogens with zero attached hydrogens (tertiary/aromatic N) is 2. The van der Waals surface area contributed by atoms with Crippen LogP contribution in [0, 0.1) is 6.92 Å². The molecule has 0 aromatic carbocycles. The van der Waals surface area contributed by atoms with E-state index in [1.54, 1.807) is 6.20 Å². The van der Waals surface area contributed by atoms with E-state index in [0.717, 1.165) is 37.4 Å². The number of aromatic nitrogens is 2. The maximum atomic E-state index is 4.26. The molecule has 0 saturated carbocycles. The van der Waals surface area contributed by atoms with Crippen LogP contribution in [0.1, 0.15) is 17.8 Å². The summed E-state index contributed by atoms with van der Waals surface area (Å²) in [6, 6.07) is 0. The van der Waals surface area contributed by atoms with Crippen LogP contribution in [0.5, 0.6) is 0 Å². The topological polar surface area (TPSA) is 49.8 Å². The highest BCUT2D eigenvalue weighted by Gasteiger charge is 1.93. The summed E-state index contributed by atoms with van der Waals surface area (Å²) in [4.78, 5) is 8.43. The van der Waals surface area contributed by atoms with E-state index in [2.05, 4.69) is 20.6 Å². The molecule has 0 aliphatic carbocycles. The van der Waals surface area contributed by atoms with Gasteiger partial charge in [0, 0.05) is 18.9 Å². The molecular weight excluding hydrogens is 176 g/mol. The first-order valence-corrected chi connectivity index (χ1v) is 4.96. The Bertz CT molecular complexity index is 245. The van der Waals surface area contributed by atoms with Gasteiger partial charge in [-0.2, -0.15) is 0 Å². The zero-order chi connectivity index (χ0) is 10.2. The molecule has 0 fully saturated rings. The van der Waals surface area contributed by atoms with Gasteiger partial charge in [-0.1, -0.05) is 0 Å². The van der Waals surface area contributed by atoms with Gasteiger partial charge >= 0.3 is 0 Å². The van der Waals surface area contributed by atoms with Gasteiger partial charge in [-0.3, -0.25) is 9.97 Å². The largest absolute Gasteiger partial charge is 0.320 e. The van der Waals surface area contributed by atoms with E-state index >= 15 is 0 Å². The van der Waals surface area contributed by atoms with Crippen molar-refractivity contribution in [3.05, 3.63) is 23.8 Å². The molecule has 1 aromatic heterocycles. The van der Waals surface area contributed by atoms with E-state index in [4.69, 9.17) is 0 Å². The van der Waals surface area contributed by atoms with Gasteiger partial charge in [-0.25, -0.2) is 0 Å². The van der Waals surface area contributed by atoms with Crippen LogP contribution in [-0.2, 0) is 6.54 Å². The molecule has 0 unspecified atom stereocenters. The molecule has 1 rings (SSSR count). The molecule has 0 amide bonds. The maximum Gasteiger partial charge on any atom is 0.0724 e. The summed E-state index contributed by atoms with van der Waals surface area (Å²) in [7, 11) is 1.96. The van der Waals surface area contributed by atoms with Crippen LogP contribution in [-0.4, -0.2) is 30.1 Å². The van der Waals surface area contributed by atoms with Gasteiger partial charge in [-0.15, -0.1) is 0 Å². The van der Waals surface area contributed by atoms with Crippen molar-refractivity contribution in [3.63, 3.8) is 0 Å². The Hall–Kier alpha value is -1.00. The van der Waals surface area contributed by atoms with Gasteiger partial charge in [0.05, 0.1) is 11.4 Å². The molecule has 4 heteroatoms. The fraction of sp³-hybridized carbons (Fsp3) is 0.600. The van der Waals surface area contributed by atoms with Crippen LogP contribution in [0.2, 0.25) is 0 Å². The SMILES string of the molecule is CNCCCNCc1cnc(C)cn1. The molecule has 1 aromatic rings. The smallest absolute Gasteiger partial charge is 0.0724 e. The second kappa shape index (κ2) is 6.45. The highest BCUT2D eigenvalue weighted by Crippen LogP contribution is 1.92. The fourth-order valence-electron chi connectivity index (χ4n) is 1.12. The van der Waals surface area contributed by atoms with Crippen LogP contribution in [0.15, 0.2) is 12.4 Å². The molecular formula is C10H18N4. The number of hydrogen-bond donors (Lipinski definition) is 2. The average molecular weight is 194 g/mol. The molecule has 0 radical (unpaired) electrons. The first-order valence-electron chi connectivity index (χ1n) is 4.96. The summed E-state index contributed by atoms with van der Waals surface area (Å²) < 4.78 is 0. The Kier molecular flexibility index (Phi) is 5.11. The fourth-order valence-corrected chi connectivity index (χ4v) is 1.12. The zero-order valence-electron chi connectivity index (χ0n) is 8.88. The third-order valence-corrected chi connectivity index (χ3v) is 1.92. The predicted molar refractivity (Wildman–Crippen MR) is 57.0 cm³/mol. The minimum atomic E-state index is 0.803. The van der Waals surface area contributed by atoms with Gasteiger partial charge < -0.3 is 10.6 Å². The molecule has 0 aliphatic rings. The Morgan fingerprint density at radius 1 is 1.21 bits per heavy atom. The first kappa shape index (κ1) is 11.1. The van der Waals surface area contributed by atoms with Crippen molar-refractivity contribution in [1.29, 1.82) is 0 Å². The normalized spacial score (nSPS) is 10.4. The minimum absolute atomic E-state index is 0.803. The number of rotatable bonds is 6. The van der Waals surface area contributed by atoms with Gasteiger partial charge in [0.15, 0.2) is 0 Å². The molecule has 14 heavy (non-hydrogen) atoms. The van der Waals surface area contributed by atoms with Crippen molar-refractivity contribution in [2.24, 2.45) is 0 Å².